The van der Waals surface area contributed by atoms with Gasteiger partial charge in [0, 0.05) is 35.3 Å². The maximum Gasteiger partial charge on any atom is 0.129 e. The Labute approximate surface area is 146 Å². The fraction of sp³-hybridized carbons (Fsp3) is 0.316. The van der Waals surface area contributed by atoms with Gasteiger partial charge in [-0.2, -0.15) is 5.26 Å². The number of aromatic nitrogens is 1. The lowest BCUT2D eigenvalue weighted by molar-refractivity contribution is 0.779. The van der Waals surface area contributed by atoms with E-state index in [4.69, 9.17) is 22.7 Å². The normalized spacial score (nSPS) is 14.9. The molecule has 0 amide bonds. The zero-order valence-electron chi connectivity index (χ0n) is 13.5. The van der Waals surface area contributed by atoms with Gasteiger partial charge >= 0.3 is 0 Å². The number of nitrogens with one attached hydrogen (secondary N) is 1. The summed E-state index contributed by atoms with van der Waals surface area (Å²) < 4.78 is 0. The number of hydrogen-bond acceptors (Lipinski definition) is 4. The van der Waals surface area contributed by atoms with Gasteiger partial charge in [0.05, 0.1) is 11.6 Å². The topological polar surface area (TPSA) is 86.5 Å². The summed E-state index contributed by atoms with van der Waals surface area (Å²) in [5.41, 5.74) is 10.3. The molecule has 2 aromatic rings. The van der Waals surface area contributed by atoms with Crippen LogP contribution in [0.3, 0.4) is 0 Å². The number of halogens is 1. The molecule has 1 fully saturated rings. The zero-order valence-corrected chi connectivity index (χ0v) is 14.3. The minimum Gasteiger partial charge on any atom is -0.330 e. The molecule has 3 rings (SSSR count). The molecular formula is C19H19ClN4. The van der Waals surface area contributed by atoms with Crippen LogP contribution in [0.5, 0.6) is 0 Å². The SMILES string of the molecule is CC(CN)C(=N)c1cc(C#N)ccc1-c1cc(Cl)nc(C2CC2)c1. The Balaban J connectivity index is 2.13. The molecule has 0 bridgehead atoms. The second-order valence-electron chi connectivity index (χ2n) is 6.30. The van der Waals surface area contributed by atoms with E-state index in [1.165, 1.54) is 0 Å². The van der Waals surface area contributed by atoms with Crippen LogP contribution in [-0.2, 0) is 0 Å². The number of hydrogen-bond donors (Lipinski definition) is 2. The molecule has 122 valence electrons. The lowest BCUT2D eigenvalue weighted by Crippen LogP contribution is -2.21. The van der Waals surface area contributed by atoms with E-state index in [0.29, 0.717) is 28.9 Å². The monoisotopic (exact) mass is 338 g/mol. The van der Waals surface area contributed by atoms with Crippen molar-refractivity contribution in [2.45, 2.75) is 25.7 Å². The van der Waals surface area contributed by atoms with Crippen LogP contribution in [-0.4, -0.2) is 17.2 Å². The second kappa shape index (κ2) is 6.72. The third-order valence-electron chi connectivity index (χ3n) is 4.41. The molecule has 0 saturated heterocycles. The summed E-state index contributed by atoms with van der Waals surface area (Å²) in [6.07, 6.45) is 2.29. The highest BCUT2D eigenvalue weighted by Gasteiger charge is 2.26. The molecule has 1 aromatic carbocycles. The minimum atomic E-state index is -0.0853. The van der Waals surface area contributed by atoms with E-state index in [2.05, 4.69) is 17.1 Å². The van der Waals surface area contributed by atoms with Crippen molar-refractivity contribution in [3.8, 4) is 17.2 Å². The molecule has 1 saturated carbocycles. The highest BCUT2D eigenvalue weighted by molar-refractivity contribution is 6.29. The molecule has 5 heteroatoms. The molecule has 24 heavy (non-hydrogen) atoms. The van der Waals surface area contributed by atoms with E-state index in [0.717, 1.165) is 35.2 Å². The average Bonchev–Trinajstić information content (AvgIpc) is 3.44. The molecule has 4 nitrogen and oxygen atoms in total. The molecule has 0 radical (unpaired) electrons. The van der Waals surface area contributed by atoms with Gasteiger partial charge in [0.1, 0.15) is 5.15 Å². The van der Waals surface area contributed by atoms with Crippen LogP contribution in [0.25, 0.3) is 11.1 Å². The van der Waals surface area contributed by atoms with Crippen molar-refractivity contribution in [2.24, 2.45) is 11.7 Å². The highest BCUT2D eigenvalue weighted by atomic mass is 35.5. The van der Waals surface area contributed by atoms with Gasteiger partial charge in [-0.25, -0.2) is 4.98 Å². The van der Waals surface area contributed by atoms with Crippen molar-refractivity contribution in [3.63, 3.8) is 0 Å². The van der Waals surface area contributed by atoms with E-state index in [1.54, 1.807) is 12.1 Å². The molecule has 0 aliphatic heterocycles. The van der Waals surface area contributed by atoms with Crippen LogP contribution in [0.2, 0.25) is 5.15 Å². The molecule has 3 N–H and O–H groups in total. The van der Waals surface area contributed by atoms with Gasteiger partial charge in [0.2, 0.25) is 0 Å². The summed E-state index contributed by atoms with van der Waals surface area (Å²) in [5, 5.41) is 18.1. The second-order valence-corrected chi connectivity index (χ2v) is 6.69. The predicted molar refractivity (Wildman–Crippen MR) is 96.4 cm³/mol. The van der Waals surface area contributed by atoms with Crippen LogP contribution in [0.15, 0.2) is 30.3 Å². The first-order valence-electron chi connectivity index (χ1n) is 8.04. The summed E-state index contributed by atoms with van der Waals surface area (Å²) in [7, 11) is 0. The summed E-state index contributed by atoms with van der Waals surface area (Å²) in [6, 6.07) is 11.4. The van der Waals surface area contributed by atoms with Gasteiger partial charge in [-0.3, -0.25) is 0 Å². The number of nitriles is 1. The van der Waals surface area contributed by atoms with Crippen molar-refractivity contribution in [3.05, 3.63) is 52.3 Å². The smallest absolute Gasteiger partial charge is 0.129 e. The lowest BCUT2D eigenvalue weighted by atomic mass is 9.90. The standard InChI is InChI=1S/C19H19ClN4/c1-11(9-21)19(23)16-6-12(10-22)2-5-15(16)14-7-17(13-3-4-13)24-18(20)8-14/h2,5-8,11,13,23H,3-4,9,21H2,1H3. The largest absolute Gasteiger partial charge is 0.330 e. The molecule has 1 aliphatic carbocycles. The summed E-state index contributed by atoms with van der Waals surface area (Å²) in [5.74, 6) is 0.407. The van der Waals surface area contributed by atoms with Crippen molar-refractivity contribution >= 4 is 17.3 Å². The zero-order chi connectivity index (χ0) is 17.3. The first kappa shape index (κ1) is 16.6. The van der Waals surface area contributed by atoms with Crippen LogP contribution in [0, 0.1) is 22.7 Å². The van der Waals surface area contributed by atoms with Gasteiger partial charge in [-0.05, 0) is 48.2 Å². The van der Waals surface area contributed by atoms with Crippen molar-refractivity contribution in [1.29, 1.82) is 10.7 Å². The van der Waals surface area contributed by atoms with E-state index >= 15 is 0 Å². The summed E-state index contributed by atoms with van der Waals surface area (Å²) in [6.45, 7) is 2.31. The van der Waals surface area contributed by atoms with Gasteiger partial charge in [0.15, 0.2) is 0 Å². The van der Waals surface area contributed by atoms with Gasteiger partial charge in [0.25, 0.3) is 0 Å². The summed E-state index contributed by atoms with van der Waals surface area (Å²) in [4.78, 5) is 4.42. The first-order valence-corrected chi connectivity index (χ1v) is 8.42. The Morgan fingerprint density at radius 3 is 2.79 bits per heavy atom. The Kier molecular flexibility index (Phi) is 4.66. The Morgan fingerprint density at radius 2 is 2.17 bits per heavy atom. The first-order chi connectivity index (χ1) is 11.5. The maximum absolute atomic E-state index is 9.19. The van der Waals surface area contributed by atoms with Crippen LogP contribution < -0.4 is 5.73 Å². The van der Waals surface area contributed by atoms with Gasteiger partial charge in [-0.15, -0.1) is 0 Å². The molecular weight excluding hydrogens is 320 g/mol. The Bertz CT molecular complexity index is 834. The minimum absolute atomic E-state index is 0.0853. The van der Waals surface area contributed by atoms with Crippen LogP contribution >= 0.6 is 11.6 Å². The fourth-order valence-corrected chi connectivity index (χ4v) is 2.95. The Hall–Kier alpha value is -2.22. The van der Waals surface area contributed by atoms with E-state index < -0.39 is 0 Å². The predicted octanol–water partition coefficient (Wildman–Crippen LogP) is 4.11. The molecule has 1 heterocycles. The average molecular weight is 339 g/mol. The molecule has 1 unspecified atom stereocenters. The number of rotatable bonds is 5. The molecule has 0 spiro atoms. The summed E-state index contributed by atoms with van der Waals surface area (Å²) >= 11 is 6.21. The van der Waals surface area contributed by atoms with E-state index in [1.807, 2.05) is 19.1 Å². The lowest BCUT2D eigenvalue weighted by Gasteiger charge is -2.16. The van der Waals surface area contributed by atoms with Gasteiger partial charge < -0.3 is 11.1 Å². The van der Waals surface area contributed by atoms with Crippen LogP contribution in [0.1, 0.15) is 42.5 Å². The van der Waals surface area contributed by atoms with Crippen molar-refractivity contribution in [1.82, 2.24) is 4.98 Å². The highest BCUT2D eigenvalue weighted by Crippen LogP contribution is 2.41. The van der Waals surface area contributed by atoms with Crippen LogP contribution in [0.4, 0.5) is 0 Å². The fourth-order valence-electron chi connectivity index (χ4n) is 2.73. The van der Waals surface area contributed by atoms with Gasteiger partial charge in [-0.1, -0.05) is 24.6 Å². The van der Waals surface area contributed by atoms with E-state index in [-0.39, 0.29) is 5.92 Å². The maximum atomic E-state index is 9.19. The molecule has 1 aliphatic rings. The molecule has 1 atom stereocenters. The quantitative estimate of drug-likeness (QED) is 0.635. The Morgan fingerprint density at radius 1 is 1.42 bits per heavy atom. The third-order valence-corrected chi connectivity index (χ3v) is 4.60. The van der Waals surface area contributed by atoms with Crippen molar-refractivity contribution in [2.75, 3.05) is 6.54 Å². The number of benzene rings is 1. The third kappa shape index (κ3) is 3.33. The number of nitrogens with two attached hydrogens (primary N) is 1. The van der Waals surface area contributed by atoms with Crippen molar-refractivity contribution < 1.29 is 0 Å². The van der Waals surface area contributed by atoms with E-state index in [9.17, 15) is 5.26 Å². The molecule has 1 aromatic heterocycles. The number of nitrogens with zero attached hydrogens (tertiary/aromatic N) is 2. The number of pyridine rings is 1.